The minimum Gasteiger partial charge on any atom is -0.356 e. The van der Waals surface area contributed by atoms with Crippen molar-refractivity contribution in [2.24, 2.45) is 17.8 Å². The number of hydrogen-bond donors (Lipinski definition) is 2. The van der Waals surface area contributed by atoms with Crippen LogP contribution in [0.25, 0.3) is 0 Å². The lowest BCUT2D eigenvalue weighted by molar-refractivity contribution is -0.135. The van der Waals surface area contributed by atoms with Gasteiger partial charge in [-0.05, 0) is 88.0 Å². The number of amides is 2. The van der Waals surface area contributed by atoms with Crippen molar-refractivity contribution in [1.29, 1.82) is 0 Å². The van der Waals surface area contributed by atoms with E-state index in [4.69, 9.17) is 0 Å². The summed E-state index contributed by atoms with van der Waals surface area (Å²) in [6.45, 7) is 2.68. The van der Waals surface area contributed by atoms with Crippen LogP contribution in [-0.2, 0) is 9.59 Å². The lowest BCUT2D eigenvalue weighted by Gasteiger charge is -2.50. The Kier molecular flexibility index (Phi) is 7.35. The molecule has 2 N–H and O–H groups in total. The van der Waals surface area contributed by atoms with E-state index in [1.807, 2.05) is 6.92 Å². The molecule has 0 aromatic heterocycles. The maximum Gasteiger partial charge on any atom is 0.223 e. The largest absolute Gasteiger partial charge is 0.356 e. The third-order valence-corrected chi connectivity index (χ3v) is 8.44. The number of rotatable bonds is 6. The van der Waals surface area contributed by atoms with Crippen LogP contribution in [0, 0.1) is 17.8 Å². The maximum atomic E-state index is 12.9. The molecule has 1 unspecified atom stereocenters. The fourth-order valence-electron chi connectivity index (χ4n) is 6.86. The van der Waals surface area contributed by atoms with Gasteiger partial charge in [0.05, 0.1) is 0 Å². The fraction of sp³-hybridized carbons (Fsp3) is 0.704. The molecule has 1 aromatic carbocycles. The van der Waals surface area contributed by atoms with E-state index < -0.39 is 0 Å². The normalized spacial score (nSPS) is 33.6. The number of carbonyl (C=O) groups is 2. The smallest absolute Gasteiger partial charge is 0.223 e. The molecule has 2 aliphatic carbocycles. The van der Waals surface area contributed by atoms with Gasteiger partial charge in [-0.25, -0.2) is 0 Å². The molecule has 3 fully saturated rings. The highest BCUT2D eigenvalue weighted by Crippen LogP contribution is 2.47. The lowest BCUT2D eigenvalue weighted by atomic mass is 9.61. The summed E-state index contributed by atoms with van der Waals surface area (Å²) in [5.74, 6) is 2.19. The minimum atomic E-state index is -0.148. The van der Waals surface area contributed by atoms with Crippen molar-refractivity contribution in [2.75, 3.05) is 6.54 Å². The standard InChI is InChI=1S/C27H40N2O2/c1-2-28-26(31)23-10-6-18-27(19-7-11-25(30)29-27)24(23)17-14-20-12-15-22(16-13-20)21-8-4-3-5-9-21/h3-5,8-9,20,22-24H,2,6-7,10-19H2,1H3,(H,28,31)(H,29,30)/t20?,22?,23?,24-,27-/m0/s1. The predicted molar refractivity (Wildman–Crippen MR) is 125 cm³/mol. The van der Waals surface area contributed by atoms with E-state index in [9.17, 15) is 9.59 Å². The highest BCUT2D eigenvalue weighted by molar-refractivity contribution is 5.80. The van der Waals surface area contributed by atoms with Crippen LogP contribution in [0.2, 0.25) is 0 Å². The van der Waals surface area contributed by atoms with Crippen molar-refractivity contribution >= 4 is 11.8 Å². The van der Waals surface area contributed by atoms with E-state index in [0.717, 1.165) is 44.4 Å². The topological polar surface area (TPSA) is 58.2 Å². The zero-order chi connectivity index (χ0) is 21.7. The average Bonchev–Trinajstić information content (AvgIpc) is 2.79. The molecule has 1 saturated heterocycles. The first-order valence-electron chi connectivity index (χ1n) is 12.7. The number of carbonyl (C=O) groups excluding carboxylic acids is 2. The van der Waals surface area contributed by atoms with Gasteiger partial charge in [0.2, 0.25) is 11.8 Å². The number of hydrogen-bond acceptors (Lipinski definition) is 2. The maximum absolute atomic E-state index is 12.9. The number of nitrogens with one attached hydrogen (secondary N) is 2. The molecule has 1 spiro atoms. The Labute approximate surface area is 188 Å². The van der Waals surface area contributed by atoms with Gasteiger partial charge >= 0.3 is 0 Å². The zero-order valence-corrected chi connectivity index (χ0v) is 19.2. The first kappa shape index (κ1) is 22.4. The van der Waals surface area contributed by atoms with Crippen LogP contribution in [0.4, 0.5) is 0 Å². The van der Waals surface area contributed by atoms with E-state index in [1.54, 1.807) is 0 Å². The second-order valence-corrected chi connectivity index (χ2v) is 10.3. The molecule has 2 saturated carbocycles. The summed E-state index contributed by atoms with van der Waals surface area (Å²) in [5, 5.41) is 6.49. The van der Waals surface area contributed by atoms with Gasteiger partial charge in [-0.1, -0.05) is 43.2 Å². The van der Waals surface area contributed by atoms with Gasteiger partial charge in [0.15, 0.2) is 0 Å². The Bertz CT molecular complexity index is 737. The second-order valence-electron chi connectivity index (χ2n) is 10.3. The van der Waals surface area contributed by atoms with E-state index in [2.05, 4.69) is 41.0 Å². The van der Waals surface area contributed by atoms with Crippen molar-refractivity contribution in [3.05, 3.63) is 35.9 Å². The predicted octanol–water partition coefficient (Wildman–Crippen LogP) is 5.33. The molecule has 0 radical (unpaired) electrons. The molecule has 3 aliphatic rings. The Morgan fingerprint density at radius 1 is 1.03 bits per heavy atom. The van der Waals surface area contributed by atoms with Gasteiger partial charge in [0, 0.05) is 24.4 Å². The van der Waals surface area contributed by atoms with Crippen LogP contribution in [0.5, 0.6) is 0 Å². The van der Waals surface area contributed by atoms with Crippen molar-refractivity contribution in [3.8, 4) is 0 Å². The van der Waals surface area contributed by atoms with Crippen LogP contribution in [-0.4, -0.2) is 23.9 Å². The molecule has 2 amide bonds. The van der Waals surface area contributed by atoms with E-state index in [-0.39, 0.29) is 29.2 Å². The Morgan fingerprint density at radius 2 is 1.77 bits per heavy atom. The molecule has 1 heterocycles. The summed E-state index contributed by atoms with van der Waals surface area (Å²) in [5.41, 5.74) is 1.35. The SMILES string of the molecule is CCNC(=O)C1CCC[C@]2(CCCC(=O)N2)[C@H]1CCC1CCC(c2ccccc2)CC1. The summed E-state index contributed by atoms with van der Waals surface area (Å²) >= 11 is 0. The molecular weight excluding hydrogens is 384 g/mol. The Hall–Kier alpha value is -1.84. The van der Waals surface area contributed by atoms with Gasteiger partial charge in [-0.3, -0.25) is 9.59 Å². The first-order valence-corrected chi connectivity index (χ1v) is 12.7. The quantitative estimate of drug-likeness (QED) is 0.648. The van der Waals surface area contributed by atoms with E-state index >= 15 is 0 Å². The zero-order valence-electron chi connectivity index (χ0n) is 19.2. The molecule has 31 heavy (non-hydrogen) atoms. The van der Waals surface area contributed by atoms with Gasteiger partial charge in [0.1, 0.15) is 0 Å². The van der Waals surface area contributed by atoms with Crippen molar-refractivity contribution in [3.63, 3.8) is 0 Å². The highest BCUT2D eigenvalue weighted by Gasteiger charge is 2.49. The van der Waals surface area contributed by atoms with Gasteiger partial charge in [-0.2, -0.15) is 0 Å². The molecular formula is C27H40N2O2. The number of benzene rings is 1. The number of piperidine rings is 1. The van der Waals surface area contributed by atoms with Crippen LogP contribution in [0.3, 0.4) is 0 Å². The van der Waals surface area contributed by atoms with Gasteiger partial charge < -0.3 is 10.6 Å². The monoisotopic (exact) mass is 424 g/mol. The van der Waals surface area contributed by atoms with Crippen LogP contribution in [0.1, 0.15) is 95.5 Å². The minimum absolute atomic E-state index is 0.0488. The summed E-state index contributed by atoms with van der Waals surface area (Å²) in [6, 6.07) is 11.0. The molecule has 4 heteroatoms. The Morgan fingerprint density at radius 3 is 2.48 bits per heavy atom. The van der Waals surface area contributed by atoms with Gasteiger partial charge in [-0.15, -0.1) is 0 Å². The summed E-state index contributed by atoms with van der Waals surface area (Å²) in [7, 11) is 0. The van der Waals surface area contributed by atoms with Crippen LogP contribution in [0.15, 0.2) is 30.3 Å². The Balaban J connectivity index is 1.40. The summed E-state index contributed by atoms with van der Waals surface area (Å²) < 4.78 is 0. The fourth-order valence-corrected chi connectivity index (χ4v) is 6.86. The third-order valence-electron chi connectivity index (χ3n) is 8.44. The summed E-state index contributed by atoms with van der Waals surface area (Å²) in [6.07, 6.45) is 13.1. The molecule has 170 valence electrons. The molecule has 1 aromatic rings. The van der Waals surface area contributed by atoms with Gasteiger partial charge in [0.25, 0.3) is 0 Å². The molecule has 4 nitrogen and oxygen atoms in total. The van der Waals surface area contributed by atoms with Crippen molar-refractivity contribution < 1.29 is 9.59 Å². The molecule has 4 rings (SSSR count). The lowest BCUT2D eigenvalue weighted by Crippen LogP contribution is -2.61. The first-order chi connectivity index (χ1) is 15.1. The highest BCUT2D eigenvalue weighted by atomic mass is 16.2. The van der Waals surface area contributed by atoms with E-state index in [1.165, 1.54) is 37.7 Å². The third kappa shape index (κ3) is 5.15. The van der Waals surface area contributed by atoms with E-state index in [0.29, 0.717) is 18.9 Å². The second kappa shape index (κ2) is 10.2. The molecule has 0 bridgehead atoms. The average molecular weight is 425 g/mol. The van der Waals surface area contributed by atoms with Crippen molar-refractivity contribution in [2.45, 2.75) is 95.4 Å². The molecule has 3 atom stereocenters. The molecule has 1 aliphatic heterocycles. The summed E-state index contributed by atoms with van der Waals surface area (Å²) in [4.78, 5) is 25.3. The van der Waals surface area contributed by atoms with Crippen LogP contribution >= 0.6 is 0 Å². The van der Waals surface area contributed by atoms with Crippen molar-refractivity contribution in [1.82, 2.24) is 10.6 Å². The van der Waals surface area contributed by atoms with Crippen LogP contribution < -0.4 is 10.6 Å².